The Balaban J connectivity index is 1.97. The van der Waals surface area contributed by atoms with Crippen LogP contribution < -0.4 is 5.32 Å². The summed E-state index contributed by atoms with van der Waals surface area (Å²) >= 11 is 3.48. The fourth-order valence-corrected chi connectivity index (χ4v) is 4.12. The molecule has 0 saturated carbocycles. The van der Waals surface area contributed by atoms with Crippen LogP contribution in [0.2, 0.25) is 0 Å². The van der Waals surface area contributed by atoms with Gasteiger partial charge in [-0.05, 0) is 54.7 Å². The minimum atomic E-state index is -0.614. The standard InChI is InChI=1S/C29H33BrN2O2/c1-4-22(3)31-29(34)27(18-23-11-6-5-7-12-23)32(20-24-14-16-26(30)17-15-24)28(33)19-25-13-9-8-10-21(25)2/h5-17,22,27H,4,18-20H2,1-3H3,(H,31,34). The lowest BCUT2D eigenvalue weighted by atomic mass is 10.00. The average Bonchev–Trinajstić information content (AvgIpc) is 2.84. The normalized spacial score (nSPS) is 12.6. The van der Waals surface area contributed by atoms with Crippen LogP contribution in [0, 0.1) is 6.92 Å². The molecule has 0 aliphatic carbocycles. The van der Waals surface area contributed by atoms with Crippen molar-refractivity contribution in [3.8, 4) is 0 Å². The molecule has 5 heteroatoms. The first-order valence-electron chi connectivity index (χ1n) is 11.8. The van der Waals surface area contributed by atoms with Gasteiger partial charge in [0.1, 0.15) is 6.04 Å². The van der Waals surface area contributed by atoms with E-state index in [9.17, 15) is 9.59 Å². The lowest BCUT2D eigenvalue weighted by molar-refractivity contribution is -0.141. The van der Waals surface area contributed by atoms with E-state index in [1.807, 2.05) is 99.6 Å². The minimum absolute atomic E-state index is 0.0340. The number of aryl methyl sites for hydroxylation is 1. The summed E-state index contributed by atoms with van der Waals surface area (Å²) in [6.45, 7) is 6.41. The lowest BCUT2D eigenvalue weighted by Crippen LogP contribution is -2.52. The third-order valence-electron chi connectivity index (χ3n) is 6.14. The van der Waals surface area contributed by atoms with Gasteiger partial charge in [0.2, 0.25) is 11.8 Å². The van der Waals surface area contributed by atoms with Crippen LogP contribution >= 0.6 is 15.9 Å². The zero-order chi connectivity index (χ0) is 24.5. The molecule has 0 radical (unpaired) electrons. The van der Waals surface area contributed by atoms with Crippen molar-refractivity contribution in [2.24, 2.45) is 0 Å². The van der Waals surface area contributed by atoms with E-state index in [0.29, 0.717) is 13.0 Å². The highest BCUT2D eigenvalue weighted by atomic mass is 79.9. The van der Waals surface area contributed by atoms with Crippen LogP contribution in [0.25, 0.3) is 0 Å². The van der Waals surface area contributed by atoms with Gasteiger partial charge in [-0.1, -0.05) is 89.6 Å². The van der Waals surface area contributed by atoms with Crippen LogP contribution in [0.1, 0.15) is 42.5 Å². The molecule has 2 atom stereocenters. The van der Waals surface area contributed by atoms with Crippen LogP contribution in [0.4, 0.5) is 0 Å². The Kier molecular flexibility index (Phi) is 9.46. The molecular weight excluding hydrogens is 488 g/mol. The molecule has 0 bridgehead atoms. The van der Waals surface area contributed by atoms with Crippen molar-refractivity contribution in [2.75, 3.05) is 0 Å². The van der Waals surface area contributed by atoms with E-state index in [0.717, 1.165) is 33.1 Å². The van der Waals surface area contributed by atoms with Crippen LogP contribution in [0.5, 0.6) is 0 Å². The van der Waals surface area contributed by atoms with E-state index in [1.54, 1.807) is 4.90 Å². The summed E-state index contributed by atoms with van der Waals surface area (Å²) in [4.78, 5) is 29.0. The molecule has 3 aromatic rings. The molecule has 4 nitrogen and oxygen atoms in total. The number of hydrogen-bond donors (Lipinski definition) is 1. The Morgan fingerprint density at radius 3 is 2.21 bits per heavy atom. The smallest absolute Gasteiger partial charge is 0.243 e. The highest BCUT2D eigenvalue weighted by Crippen LogP contribution is 2.19. The van der Waals surface area contributed by atoms with Crippen molar-refractivity contribution >= 4 is 27.7 Å². The number of hydrogen-bond acceptors (Lipinski definition) is 2. The van der Waals surface area contributed by atoms with Crippen molar-refractivity contribution in [3.63, 3.8) is 0 Å². The number of carbonyl (C=O) groups is 2. The Hall–Kier alpha value is -2.92. The molecule has 0 spiro atoms. The highest BCUT2D eigenvalue weighted by molar-refractivity contribution is 9.10. The second kappa shape index (κ2) is 12.5. The van der Waals surface area contributed by atoms with E-state index < -0.39 is 6.04 Å². The SMILES string of the molecule is CCC(C)NC(=O)C(Cc1ccccc1)N(Cc1ccc(Br)cc1)C(=O)Cc1ccccc1C. The average molecular weight is 521 g/mol. The molecule has 0 fully saturated rings. The van der Waals surface area contributed by atoms with E-state index in [2.05, 4.69) is 21.2 Å². The van der Waals surface area contributed by atoms with E-state index in [-0.39, 0.29) is 24.3 Å². The largest absolute Gasteiger partial charge is 0.352 e. The molecule has 0 aliphatic rings. The number of benzene rings is 3. The molecule has 178 valence electrons. The molecule has 0 saturated heterocycles. The summed E-state index contributed by atoms with van der Waals surface area (Å²) in [5.74, 6) is -0.175. The van der Waals surface area contributed by atoms with Crippen LogP contribution in [0.15, 0.2) is 83.3 Å². The van der Waals surface area contributed by atoms with Gasteiger partial charge in [-0.3, -0.25) is 9.59 Å². The van der Waals surface area contributed by atoms with Crippen LogP contribution in [-0.2, 0) is 29.0 Å². The molecule has 2 unspecified atom stereocenters. The molecular formula is C29H33BrN2O2. The first-order chi connectivity index (χ1) is 16.4. The van der Waals surface area contributed by atoms with E-state index >= 15 is 0 Å². The summed E-state index contributed by atoms with van der Waals surface area (Å²) in [6, 6.07) is 25.1. The molecule has 1 N–H and O–H groups in total. The molecule has 0 aliphatic heterocycles. The fourth-order valence-electron chi connectivity index (χ4n) is 3.85. The summed E-state index contributed by atoms with van der Waals surface area (Å²) in [5.41, 5.74) is 4.06. The predicted octanol–water partition coefficient (Wildman–Crippen LogP) is 5.85. The molecule has 2 amide bonds. The van der Waals surface area contributed by atoms with Crippen molar-refractivity contribution in [2.45, 2.75) is 58.7 Å². The lowest BCUT2D eigenvalue weighted by Gasteiger charge is -2.32. The monoisotopic (exact) mass is 520 g/mol. The van der Waals surface area contributed by atoms with Gasteiger partial charge in [-0.15, -0.1) is 0 Å². The quantitative estimate of drug-likeness (QED) is 0.364. The maximum Gasteiger partial charge on any atom is 0.243 e. The Labute approximate surface area is 211 Å². The zero-order valence-electron chi connectivity index (χ0n) is 20.1. The number of rotatable bonds is 10. The van der Waals surface area contributed by atoms with Gasteiger partial charge in [0, 0.05) is 23.5 Å². The van der Waals surface area contributed by atoms with Crippen molar-refractivity contribution in [1.82, 2.24) is 10.2 Å². The second-order valence-electron chi connectivity index (χ2n) is 8.77. The van der Waals surface area contributed by atoms with Crippen LogP contribution in [-0.4, -0.2) is 28.8 Å². The molecule has 3 rings (SSSR count). The maximum absolute atomic E-state index is 13.8. The predicted molar refractivity (Wildman–Crippen MR) is 141 cm³/mol. The molecule has 0 aromatic heterocycles. The van der Waals surface area contributed by atoms with Gasteiger partial charge >= 0.3 is 0 Å². The summed E-state index contributed by atoms with van der Waals surface area (Å²) in [6.07, 6.45) is 1.54. The van der Waals surface area contributed by atoms with Crippen LogP contribution in [0.3, 0.4) is 0 Å². The molecule has 3 aromatic carbocycles. The van der Waals surface area contributed by atoms with Crippen molar-refractivity contribution in [3.05, 3.63) is 106 Å². The first kappa shape index (κ1) is 25.7. The number of carbonyl (C=O) groups excluding carboxylic acids is 2. The Bertz CT molecular complexity index is 1080. The van der Waals surface area contributed by atoms with Crippen molar-refractivity contribution in [1.29, 1.82) is 0 Å². The summed E-state index contributed by atoms with van der Waals surface area (Å²) in [7, 11) is 0. The third kappa shape index (κ3) is 7.29. The highest BCUT2D eigenvalue weighted by Gasteiger charge is 2.31. The number of nitrogens with zero attached hydrogens (tertiary/aromatic N) is 1. The topological polar surface area (TPSA) is 49.4 Å². The third-order valence-corrected chi connectivity index (χ3v) is 6.67. The number of amides is 2. The Morgan fingerprint density at radius 2 is 1.56 bits per heavy atom. The van der Waals surface area contributed by atoms with E-state index in [4.69, 9.17) is 0 Å². The van der Waals surface area contributed by atoms with Gasteiger partial charge in [-0.25, -0.2) is 0 Å². The zero-order valence-corrected chi connectivity index (χ0v) is 21.7. The maximum atomic E-state index is 13.8. The number of nitrogens with one attached hydrogen (secondary N) is 1. The number of halogens is 1. The Morgan fingerprint density at radius 1 is 0.912 bits per heavy atom. The van der Waals surface area contributed by atoms with Gasteiger partial charge < -0.3 is 10.2 Å². The van der Waals surface area contributed by atoms with E-state index in [1.165, 1.54) is 0 Å². The van der Waals surface area contributed by atoms with Crippen molar-refractivity contribution < 1.29 is 9.59 Å². The van der Waals surface area contributed by atoms with Gasteiger partial charge in [0.25, 0.3) is 0 Å². The summed E-state index contributed by atoms with van der Waals surface area (Å²) in [5, 5.41) is 3.12. The fraction of sp³-hybridized carbons (Fsp3) is 0.310. The first-order valence-corrected chi connectivity index (χ1v) is 12.6. The molecule has 0 heterocycles. The van der Waals surface area contributed by atoms with Gasteiger partial charge in [0.15, 0.2) is 0 Å². The van der Waals surface area contributed by atoms with Gasteiger partial charge in [0.05, 0.1) is 6.42 Å². The molecule has 34 heavy (non-hydrogen) atoms. The summed E-state index contributed by atoms with van der Waals surface area (Å²) < 4.78 is 0.976. The van der Waals surface area contributed by atoms with Gasteiger partial charge in [-0.2, -0.15) is 0 Å². The minimum Gasteiger partial charge on any atom is -0.352 e. The second-order valence-corrected chi connectivity index (χ2v) is 9.69.